The minimum Gasteiger partial charge on any atom is -0.309 e. The highest BCUT2D eigenvalue weighted by Gasteiger charge is 2.22. The molecule has 17 aromatic carbocycles. The van der Waals surface area contributed by atoms with Gasteiger partial charge < -0.3 is 22.8 Å². The molecule has 23 rings (SSSR count). The SMILES string of the molecule is c1ccc(-n2c3ccccc3c3cc(-c4ccc5c(c4)c4ccccc4n5-c4ccc(-c5cccc6sc7ccccc7c56)cc4)ccc32)cc1.c1ccc(-n2c3ccccc3c3cc(-c4ccc5c(c4)c4ccccc4n5-c4cccc(-c5ccc6c7ccccc7n(-c7ccccc7)c6c5)c4)ccc32)cc1. The summed E-state index contributed by atoms with van der Waals surface area (Å²) in [5, 5.41) is 15.3. The van der Waals surface area contributed by atoms with Gasteiger partial charge in [-0.3, -0.25) is 0 Å². The van der Waals surface area contributed by atoms with E-state index in [0.717, 1.165) is 17.1 Å². The Kier molecular flexibility index (Phi) is 14.1. The molecule has 504 valence electrons. The molecule has 0 N–H and O–H groups in total. The zero-order chi connectivity index (χ0) is 70.9. The molecular formula is C102H65N5S. The predicted octanol–water partition coefficient (Wildman–Crippen LogP) is 27.9. The number of nitrogens with zero attached hydrogens (tertiary/aromatic N) is 5. The van der Waals surface area contributed by atoms with Crippen molar-refractivity contribution in [3.63, 3.8) is 0 Å². The van der Waals surface area contributed by atoms with Gasteiger partial charge in [-0.05, 0) is 202 Å². The molecule has 0 radical (unpaired) electrons. The summed E-state index contributed by atoms with van der Waals surface area (Å²) in [6.07, 6.45) is 0. The minimum atomic E-state index is 1.14. The molecule has 0 unspecified atom stereocenters. The van der Waals surface area contributed by atoms with Gasteiger partial charge in [0.2, 0.25) is 0 Å². The zero-order valence-corrected chi connectivity index (χ0v) is 59.5. The summed E-state index contributed by atoms with van der Waals surface area (Å²) in [5.74, 6) is 0. The predicted molar refractivity (Wildman–Crippen MR) is 459 cm³/mol. The van der Waals surface area contributed by atoms with Crippen LogP contribution in [0.5, 0.6) is 0 Å². The van der Waals surface area contributed by atoms with Crippen molar-refractivity contribution in [2.24, 2.45) is 0 Å². The van der Waals surface area contributed by atoms with E-state index in [1.165, 1.54) is 185 Å². The van der Waals surface area contributed by atoms with E-state index >= 15 is 0 Å². The Balaban J connectivity index is 0.000000135. The second kappa shape index (κ2) is 24.8. The van der Waals surface area contributed by atoms with Crippen LogP contribution >= 0.6 is 11.3 Å². The van der Waals surface area contributed by atoms with Gasteiger partial charge in [0.25, 0.3) is 0 Å². The van der Waals surface area contributed by atoms with Crippen LogP contribution in [-0.2, 0) is 0 Å². The van der Waals surface area contributed by atoms with E-state index in [1.807, 2.05) is 11.3 Å². The van der Waals surface area contributed by atoms with Crippen molar-refractivity contribution in [2.45, 2.75) is 0 Å². The fraction of sp³-hybridized carbons (Fsp3) is 0. The van der Waals surface area contributed by atoms with Crippen LogP contribution in [0.15, 0.2) is 394 Å². The molecule has 6 heteroatoms. The normalized spacial score (nSPS) is 11.9. The first-order chi connectivity index (χ1) is 53.6. The highest BCUT2D eigenvalue weighted by atomic mass is 32.1. The van der Waals surface area contributed by atoms with Gasteiger partial charge in [-0.1, -0.05) is 237 Å². The van der Waals surface area contributed by atoms with Gasteiger partial charge in [0, 0.05) is 102 Å². The Labute approximate surface area is 626 Å². The number of hydrogen-bond acceptors (Lipinski definition) is 1. The molecule has 0 aliphatic rings. The van der Waals surface area contributed by atoms with Crippen LogP contribution in [0, 0.1) is 0 Å². The maximum absolute atomic E-state index is 2.42. The van der Waals surface area contributed by atoms with Crippen LogP contribution in [0.3, 0.4) is 0 Å². The molecule has 0 saturated heterocycles. The second-order valence-corrected chi connectivity index (χ2v) is 29.4. The third kappa shape index (κ3) is 9.78. The number of thiophene rings is 1. The first-order valence-electron chi connectivity index (χ1n) is 37.0. The molecule has 0 fully saturated rings. The third-order valence-electron chi connectivity index (χ3n) is 22.4. The maximum atomic E-state index is 2.42. The van der Waals surface area contributed by atoms with Crippen molar-refractivity contribution in [3.05, 3.63) is 394 Å². The molecule has 23 aromatic rings. The summed E-state index contributed by atoms with van der Waals surface area (Å²) in [5.41, 5.74) is 27.7. The lowest BCUT2D eigenvalue weighted by molar-refractivity contribution is 1.18. The summed E-state index contributed by atoms with van der Waals surface area (Å²) >= 11 is 1.87. The van der Waals surface area contributed by atoms with E-state index in [9.17, 15) is 0 Å². The molecule has 0 bridgehead atoms. The second-order valence-electron chi connectivity index (χ2n) is 28.3. The van der Waals surface area contributed by atoms with Crippen molar-refractivity contribution < 1.29 is 0 Å². The molecular weight excluding hydrogens is 1330 g/mol. The van der Waals surface area contributed by atoms with Gasteiger partial charge in [-0.25, -0.2) is 0 Å². The monoisotopic (exact) mass is 1390 g/mol. The van der Waals surface area contributed by atoms with Crippen LogP contribution in [-0.4, -0.2) is 22.8 Å². The lowest BCUT2D eigenvalue weighted by Crippen LogP contribution is -1.95. The fourth-order valence-electron chi connectivity index (χ4n) is 17.5. The van der Waals surface area contributed by atoms with Gasteiger partial charge in [0.15, 0.2) is 0 Å². The smallest absolute Gasteiger partial charge is 0.0547 e. The zero-order valence-electron chi connectivity index (χ0n) is 58.7. The molecule has 0 saturated carbocycles. The number of hydrogen-bond donors (Lipinski definition) is 0. The van der Waals surface area contributed by atoms with E-state index in [4.69, 9.17) is 0 Å². The average Bonchev–Trinajstić information content (AvgIpc) is 1.59. The number of benzene rings is 17. The van der Waals surface area contributed by atoms with Crippen LogP contribution in [0.2, 0.25) is 0 Å². The third-order valence-corrected chi connectivity index (χ3v) is 23.5. The van der Waals surface area contributed by atoms with Crippen molar-refractivity contribution in [1.29, 1.82) is 0 Å². The lowest BCUT2D eigenvalue weighted by Gasteiger charge is -2.12. The lowest BCUT2D eigenvalue weighted by atomic mass is 9.99. The Morgan fingerprint density at radius 3 is 0.880 bits per heavy atom. The van der Waals surface area contributed by atoms with E-state index in [-0.39, 0.29) is 0 Å². The van der Waals surface area contributed by atoms with Gasteiger partial charge in [-0.15, -0.1) is 11.3 Å². The van der Waals surface area contributed by atoms with E-state index in [2.05, 4.69) is 417 Å². The number of para-hydroxylation sites is 8. The molecule has 0 atom stereocenters. The Hall–Kier alpha value is -14.0. The molecule has 6 heterocycles. The largest absolute Gasteiger partial charge is 0.309 e. The minimum absolute atomic E-state index is 1.14. The van der Waals surface area contributed by atoms with Crippen molar-refractivity contribution in [3.8, 4) is 72.9 Å². The Morgan fingerprint density at radius 1 is 0.148 bits per heavy atom. The molecule has 0 spiro atoms. The number of aromatic nitrogens is 5. The summed E-state index contributed by atoms with van der Waals surface area (Å²) in [6, 6.07) is 144. The van der Waals surface area contributed by atoms with Crippen LogP contribution in [0.25, 0.3) is 202 Å². The van der Waals surface area contributed by atoms with Gasteiger partial charge in [0.1, 0.15) is 0 Å². The fourth-order valence-corrected chi connectivity index (χ4v) is 18.6. The van der Waals surface area contributed by atoms with Gasteiger partial charge >= 0.3 is 0 Å². The van der Waals surface area contributed by atoms with E-state index in [0.29, 0.717) is 0 Å². The van der Waals surface area contributed by atoms with Crippen molar-refractivity contribution >= 4 is 141 Å². The summed E-state index contributed by atoms with van der Waals surface area (Å²) < 4.78 is 14.6. The topological polar surface area (TPSA) is 24.6 Å². The summed E-state index contributed by atoms with van der Waals surface area (Å²) in [4.78, 5) is 0. The standard InChI is InChI=1S/C54H35N3.C48H30N2S/c1-3-15-40(16-4-1)55-50-24-11-8-21-44(50)47-33-37(27-30-52(47)55)38-28-31-53-48(34-38)45-22-9-12-25-51(45)57(53)42-19-13-14-36(32-42)39-26-29-46-43-20-7-10-23-49(43)56(54(46)35-39)41-17-5-2-6-18-41;1-2-11-34(12-3-1)49-42-17-7-4-13-37(42)40-29-32(23-27-44(40)49)33-24-28-45-41(30-33)38-14-5-8-18-43(38)50(45)35-25-21-31(22-26-35)36-16-10-20-47-48(36)39-15-6-9-19-46(39)51-47/h1-35H;1-30H. The quantitative estimate of drug-likeness (QED) is 0.138. The molecule has 0 aliphatic carbocycles. The van der Waals surface area contributed by atoms with E-state index in [1.54, 1.807) is 0 Å². The highest BCUT2D eigenvalue weighted by Crippen LogP contribution is 2.45. The first kappa shape index (κ1) is 61.4. The number of rotatable bonds is 9. The van der Waals surface area contributed by atoms with Crippen molar-refractivity contribution in [1.82, 2.24) is 22.8 Å². The highest BCUT2D eigenvalue weighted by molar-refractivity contribution is 7.26. The molecule has 108 heavy (non-hydrogen) atoms. The maximum Gasteiger partial charge on any atom is 0.0547 e. The first-order valence-corrected chi connectivity index (χ1v) is 37.9. The summed E-state index contributed by atoms with van der Waals surface area (Å²) in [6.45, 7) is 0. The van der Waals surface area contributed by atoms with Gasteiger partial charge in [0.05, 0.1) is 55.2 Å². The molecule has 5 nitrogen and oxygen atoms in total. The van der Waals surface area contributed by atoms with Crippen LogP contribution in [0.1, 0.15) is 0 Å². The van der Waals surface area contributed by atoms with Gasteiger partial charge in [-0.2, -0.15) is 0 Å². The molecule has 0 amide bonds. The molecule has 0 aliphatic heterocycles. The average molecular weight is 1390 g/mol. The molecule has 6 aromatic heterocycles. The Morgan fingerprint density at radius 2 is 0.435 bits per heavy atom. The van der Waals surface area contributed by atoms with E-state index < -0.39 is 0 Å². The number of fused-ring (bicyclic) bond motifs is 18. The van der Waals surface area contributed by atoms with Crippen LogP contribution < -0.4 is 0 Å². The van der Waals surface area contributed by atoms with Crippen LogP contribution in [0.4, 0.5) is 0 Å². The summed E-state index contributed by atoms with van der Waals surface area (Å²) in [7, 11) is 0. The van der Waals surface area contributed by atoms with Crippen molar-refractivity contribution in [2.75, 3.05) is 0 Å². The Bertz CT molecular complexity index is 7530.